The minimum absolute atomic E-state index is 0. The maximum Gasteiger partial charge on any atom is 0.224 e. The van der Waals surface area contributed by atoms with Gasteiger partial charge in [-0.2, -0.15) is 0 Å². The van der Waals surface area contributed by atoms with Crippen molar-refractivity contribution >= 4 is 18.3 Å². The third-order valence-electron chi connectivity index (χ3n) is 3.32. The molecule has 0 aliphatic rings. The molecular weight excluding hydrogens is 288 g/mol. The van der Waals surface area contributed by atoms with E-state index >= 15 is 0 Å². The van der Waals surface area contributed by atoms with Crippen molar-refractivity contribution in [3.8, 4) is 0 Å². The summed E-state index contributed by atoms with van der Waals surface area (Å²) in [6, 6.07) is 9.52. The fourth-order valence-electron chi connectivity index (χ4n) is 2.05. The molecule has 1 atom stereocenters. The van der Waals surface area contributed by atoms with E-state index < -0.39 is 0 Å². The third kappa shape index (κ3) is 7.46. The summed E-state index contributed by atoms with van der Waals surface area (Å²) in [6.07, 6.45) is 2.43. The van der Waals surface area contributed by atoms with Gasteiger partial charge in [0.1, 0.15) is 0 Å². The minimum Gasteiger partial charge on any atom is -0.383 e. The Morgan fingerprint density at radius 1 is 1.29 bits per heavy atom. The lowest BCUT2D eigenvalue weighted by atomic mass is 10.0. The minimum atomic E-state index is -0.240. The Balaban J connectivity index is 0.00000400. The molecule has 0 saturated heterocycles. The van der Waals surface area contributed by atoms with E-state index in [0.717, 1.165) is 24.9 Å². The summed E-state index contributed by atoms with van der Waals surface area (Å²) in [7, 11) is 1.65. The molecule has 1 aromatic rings. The fourth-order valence-corrected chi connectivity index (χ4v) is 2.05. The highest BCUT2D eigenvalue weighted by Gasteiger charge is 2.17. The lowest BCUT2D eigenvalue weighted by molar-refractivity contribution is -0.132. The third-order valence-corrected chi connectivity index (χ3v) is 3.32. The largest absolute Gasteiger partial charge is 0.383 e. The molecule has 0 spiro atoms. The molecule has 1 aromatic carbocycles. The lowest BCUT2D eigenvalue weighted by Crippen LogP contribution is -2.36. The average molecular weight is 315 g/mol. The van der Waals surface area contributed by atoms with E-state index in [9.17, 15) is 4.79 Å². The van der Waals surface area contributed by atoms with Crippen LogP contribution in [0, 0.1) is 0 Å². The number of hydrogen-bond acceptors (Lipinski definition) is 3. The van der Waals surface area contributed by atoms with Crippen molar-refractivity contribution in [1.82, 2.24) is 4.90 Å². The first-order chi connectivity index (χ1) is 9.69. The summed E-state index contributed by atoms with van der Waals surface area (Å²) >= 11 is 0. The maximum atomic E-state index is 12.3. The van der Waals surface area contributed by atoms with Crippen molar-refractivity contribution in [2.45, 2.75) is 32.2 Å². The van der Waals surface area contributed by atoms with E-state index in [-0.39, 0.29) is 24.4 Å². The number of nitrogens with two attached hydrogens (primary N) is 1. The zero-order valence-corrected chi connectivity index (χ0v) is 13.8. The molecule has 1 amide bonds. The van der Waals surface area contributed by atoms with Crippen molar-refractivity contribution in [3.05, 3.63) is 35.9 Å². The van der Waals surface area contributed by atoms with Crippen molar-refractivity contribution in [3.63, 3.8) is 0 Å². The summed E-state index contributed by atoms with van der Waals surface area (Å²) in [6.45, 7) is 4.10. The van der Waals surface area contributed by atoms with Gasteiger partial charge in [-0.1, -0.05) is 43.7 Å². The van der Waals surface area contributed by atoms with Crippen LogP contribution in [0.2, 0.25) is 0 Å². The van der Waals surface area contributed by atoms with Gasteiger partial charge in [-0.15, -0.1) is 12.4 Å². The molecule has 0 radical (unpaired) electrons. The van der Waals surface area contributed by atoms with E-state index in [0.29, 0.717) is 19.6 Å². The van der Waals surface area contributed by atoms with Crippen LogP contribution in [-0.4, -0.2) is 37.6 Å². The van der Waals surface area contributed by atoms with Crippen LogP contribution in [0.1, 0.15) is 37.8 Å². The Hall–Kier alpha value is -1.10. The second-order valence-corrected chi connectivity index (χ2v) is 4.95. The predicted octanol–water partition coefficient (Wildman–Crippen LogP) is 2.77. The van der Waals surface area contributed by atoms with Gasteiger partial charge >= 0.3 is 0 Å². The Morgan fingerprint density at radius 3 is 2.52 bits per heavy atom. The zero-order valence-electron chi connectivity index (χ0n) is 13.0. The Labute approximate surface area is 134 Å². The van der Waals surface area contributed by atoms with Crippen LogP contribution in [0.4, 0.5) is 0 Å². The van der Waals surface area contributed by atoms with Gasteiger partial charge in [0.25, 0.3) is 0 Å². The molecule has 0 heterocycles. The average Bonchev–Trinajstić information content (AvgIpc) is 2.48. The summed E-state index contributed by atoms with van der Waals surface area (Å²) in [4.78, 5) is 14.2. The molecule has 0 aliphatic heterocycles. The number of unbranched alkanes of at least 4 members (excludes halogenated alkanes) is 1. The number of carbonyl (C=O) groups excluding carboxylic acids is 1. The number of amides is 1. The molecule has 1 rings (SSSR count). The molecule has 21 heavy (non-hydrogen) atoms. The monoisotopic (exact) mass is 314 g/mol. The van der Waals surface area contributed by atoms with E-state index in [1.807, 2.05) is 35.2 Å². The van der Waals surface area contributed by atoms with Crippen LogP contribution in [0.5, 0.6) is 0 Å². The van der Waals surface area contributed by atoms with Crippen molar-refractivity contribution in [2.75, 3.05) is 26.8 Å². The Bertz CT molecular complexity index is 379. The SMILES string of the molecule is CCCCN(CCOC)C(=O)CC(N)c1ccccc1.Cl. The normalized spacial score (nSPS) is 11.6. The van der Waals surface area contributed by atoms with Crippen molar-refractivity contribution in [2.24, 2.45) is 5.73 Å². The molecular formula is C16H27ClN2O2. The smallest absolute Gasteiger partial charge is 0.224 e. The lowest BCUT2D eigenvalue weighted by Gasteiger charge is -2.24. The molecule has 0 bridgehead atoms. The number of halogens is 1. The first-order valence-electron chi connectivity index (χ1n) is 7.26. The molecule has 0 saturated carbocycles. The Morgan fingerprint density at radius 2 is 1.95 bits per heavy atom. The summed E-state index contributed by atoms with van der Waals surface area (Å²) in [5.74, 6) is 0.104. The zero-order chi connectivity index (χ0) is 14.8. The molecule has 2 N–H and O–H groups in total. The van der Waals surface area contributed by atoms with Gasteiger partial charge in [-0.05, 0) is 12.0 Å². The van der Waals surface area contributed by atoms with Crippen LogP contribution in [-0.2, 0) is 9.53 Å². The second-order valence-electron chi connectivity index (χ2n) is 4.95. The molecule has 0 aromatic heterocycles. The van der Waals surface area contributed by atoms with Crippen LogP contribution >= 0.6 is 12.4 Å². The first-order valence-corrected chi connectivity index (χ1v) is 7.26. The number of hydrogen-bond donors (Lipinski definition) is 1. The van der Waals surface area contributed by atoms with Crippen molar-refractivity contribution < 1.29 is 9.53 Å². The predicted molar refractivity (Wildman–Crippen MR) is 88.6 cm³/mol. The Kier molecular flexibility index (Phi) is 10.9. The number of carbonyl (C=O) groups is 1. The van der Waals surface area contributed by atoms with Crippen LogP contribution in [0.3, 0.4) is 0 Å². The highest BCUT2D eigenvalue weighted by Crippen LogP contribution is 2.15. The number of ether oxygens (including phenoxy) is 1. The molecule has 5 heteroatoms. The van der Waals surface area contributed by atoms with E-state index in [1.165, 1.54) is 0 Å². The van der Waals surface area contributed by atoms with E-state index in [4.69, 9.17) is 10.5 Å². The topological polar surface area (TPSA) is 55.6 Å². The van der Waals surface area contributed by atoms with E-state index in [1.54, 1.807) is 7.11 Å². The van der Waals surface area contributed by atoms with Gasteiger partial charge in [-0.3, -0.25) is 4.79 Å². The van der Waals surface area contributed by atoms with Gasteiger partial charge in [0, 0.05) is 32.7 Å². The molecule has 120 valence electrons. The van der Waals surface area contributed by atoms with Crippen LogP contribution in [0.25, 0.3) is 0 Å². The standard InChI is InChI=1S/C16H26N2O2.ClH/c1-3-4-10-18(11-12-20-2)16(19)13-15(17)14-8-6-5-7-9-14;/h5-9,15H,3-4,10-13,17H2,1-2H3;1H. The number of benzene rings is 1. The first kappa shape index (κ1) is 19.9. The number of rotatable bonds is 9. The van der Waals surface area contributed by atoms with Gasteiger partial charge in [0.2, 0.25) is 5.91 Å². The van der Waals surface area contributed by atoms with E-state index in [2.05, 4.69) is 6.92 Å². The van der Waals surface area contributed by atoms with Crippen LogP contribution in [0.15, 0.2) is 30.3 Å². The molecule has 0 fully saturated rings. The number of nitrogens with zero attached hydrogens (tertiary/aromatic N) is 1. The van der Waals surface area contributed by atoms with Gasteiger partial charge in [0.15, 0.2) is 0 Å². The van der Waals surface area contributed by atoms with Crippen LogP contribution < -0.4 is 5.73 Å². The maximum absolute atomic E-state index is 12.3. The quantitative estimate of drug-likeness (QED) is 0.762. The molecule has 0 aliphatic carbocycles. The molecule has 4 nitrogen and oxygen atoms in total. The summed E-state index contributed by atoms with van der Waals surface area (Å²) in [5, 5.41) is 0. The summed E-state index contributed by atoms with van der Waals surface area (Å²) in [5.41, 5.74) is 7.12. The summed E-state index contributed by atoms with van der Waals surface area (Å²) < 4.78 is 5.07. The highest BCUT2D eigenvalue weighted by atomic mass is 35.5. The highest BCUT2D eigenvalue weighted by molar-refractivity contribution is 5.85. The number of methoxy groups -OCH3 is 1. The fraction of sp³-hybridized carbons (Fsp3) is 0.562. The van der Waals surface area contributed by atoms with Gasteiger partial charge in [-0.25, -0.2) is 0 Å². The second kappa shape index (κ2) is 11.5. The van der Waals surface area contributed by atoms with Gasteiger partial charge in [0.05, 0.1) is 6.61 Å². The van der Waals surface area contributed by atoms with Crippen molar-refractivity contribution in [1.29, 1.82) is 0 Å². The van der Waals surface area contributed by atoms with Gasteiger partial charge < -0.3 is 15.4 Å². The molecule has 1 unspecified atom stereocenters.